The standard InChI is InChI=1S/C23H30N4OS/c1-5-7-14-27(6-2)19(28)12-13-24-22-21-20(18-10-8-16(3)9-11-18)17(4)29-23(21)26-15-25-22/h8-11,15H,5-7,12-14H2,1-4H3,(H,24,25,26). The first-order valence-corrected chi connectivity index (χ1v) is 11.2. The average Bonchev–Trinajstić information content (AvgIpc) is 3.06. The van der Waals surface area contributed by atoms with Crippen molar-refractivity contribution in [2.24, 2.45) is 0 Å². The van der Waals surface area contributed by atoms with E-state index in [1.54, 1.807) is 17.7 Å². The summed E-state index contributed by atoms with van der Waals surface area (Å²) in [6, 6.07) is 8.56. The number of hydrogen-bond donors (Lipinski definition) is 1. The molecular formula is C23H30N4OS. The van der Waals surface area contributed by atoms with Gasteiger partial charge in [-0.2, -0.15) is 0 Å². The Morgan fingerprint density at radius 1 is 1.14 bits per heavy atom. The van der Waals surface area contributed by atoms with E-state index in [1.165, 1.54) is 21.6 Å². The van der Waals surface area contributed by atoms with Crippen molar-refractivity contribution in [1.29, 1.82) is 0 Å². The predicted molar refractivity (Wildman–Crippen MR) is 123 cm³/mol. The average molecular weight is 411 g/mol. The number of carbonyl (C=O) groups is 1. The van der Waals surface area contributed by atoms with Gasteiger partial charge in [-0.15, -0.1) is 11.3 Å². The first-order valence-electron chi connectivity index (χ1n) is 10.4. The van der Waals surface area contributed by atoms with Crippen LogP contribution < -0.4 is 5.32 Å². The lowest BCUT2D eigenvalue weighted by Crippen LogP contribution is -2.32. The summed E-state index contributed by atoms with van der Waals surface area (Å²) in [4.78, 5) is 25.6. The van der Waals surface area contributed by atoms with Gasteiger partial charge in [-0.3, -0.25) is 4.79 Å². The van der Waals surface area contributed by atoms with Crippen LogP contribution >= 0.6 is 11.3 Å². The Bertz CT molecular complexity index is 965. The number of thiophene rings is 1. The Hall–Kier alpha value is -2.47. The molecule has 0 saturated heterocycles. The highest BCUT2D eigenvalue weighted by Crippen LogP contribution is 2.40. The fourth-order valence-corrected chi connectivity index (χ4v) is 4.51. The van der Waals surface area contributed by atoms with Gasteiger partial charge in [0.2, 0.25) is 5.91 Å². The molecule has 1 N–H and O–H groups in total. The van der Waals surface area contributed by atoms with Crippen LogP contribution in [0.25, 0.3) is 21.3 Å². The third-order valence-electron chi connectivity index (χ3n) is 5.15. The van der Waals surface area contributed by atoms with Crippen LogP contribution in [0, 0.1) is 13.8 Å². The monoisotopic (exact) mass is 410 g/mol. The minimum Gasteiger partial charge on any atom is -0.369 e. The van der Waals surface area contributed by atoms with Crippen molar-refractivity contribution in [3.8, 4) is 11.1 Å². The van der Waals surface area contributed by atoms with Gasteiger partial charge >= 0.3 is 0 Å². The van der Waals surface area contributed by atoms with Crippen molar-refractivity contribution < 1.29 is 4.79 Å². The number of unbranched alkanes of at least 4 members (excludes halogenated alkanes) is 1. The van der Waals surface area contributed by atoms with Gasteiger partial charge in [0.1, 0.15) is 17.0 Å². The zero-order valence-electron chi connectivity index (χ0n) is 17.8. The molecule has 3 aromatic rings. The largest absolute Gasteiger partial charge is 0.369 e. The highest BCUT2D eigenvalue weighted by molar-refractivity contribution is 7.19. The van der Waals surface area contributed by atoms with Crippen molar-refractivity contribution in [1.82, 2.24) is 14.9 Å². The van der Waals surface area contributed by atoms with Crippen LogP contribution in [-0.4, -0.2) is 40.4 Å². The van der Waals surface area contributed by atoms with Crippen LogP contribution in [0.15, 0.2) is 30.6 Å². The number of anilines is 1. The molecule has 0 unspecified atom stereocenters. The highest BCUT2D eigenvalue weighted by atomic mass is 32.1. The third-order valence-corrected chi connectivity index (χ3v) is 6.17. The predicted octanol–water partition coefficient (Wildman–Crippen LogP) is 5.43. The Labute approximate surface area is 177 Å². The molecular weight excluding hydrogens is 380 g/mol. The SMILES string of the molecule is CCCCN(CC)C(=O)CCNc1ncnc2sc(C)c(-c3ccc(C)cc3)c12. The topological polar surface area (TPSA) is 58.1 Å². The number of carbonyl (C=O) groups excluding carboxylic acids is 1. The Morgan fingerprint density at radius 3 is 2.59 bits per heavy atom. The van der Waals surface area contributed by atoms with E-state index in [0.29, 0.717) is 13.0 Å². The summed E-state index contributed by atoms with van der Waals surface area (Å²) in [5.74, 6) is 0.998. The molecule has 29 heavy (non-hydrogen) atoms. The maximum Gasteiger partial charge on any atom is 0.224 e. The molecule has 1 amide bonds. The molecule has 0 atom stereocenters. The molecule has 0 aliphatic heterocycles. The lowest BCUT2D eigenvalue weighted by atomic mass is 10.0. The van der Waals surface area contributed by atoms with E-state index in [4.69, 9.17) is 0 Å². The van der Waals surface area contributed by atoms with Gasteiger partial charge in [-0.25, -0.2) is 9.97 Å². The summed E-state index contributed by atoms with van der Waals surface area (Å²) < 4.78 is 0. The maximum atomic E-state index is 12.5. The lowest BCUT2D eigenvalue weighted by molar-refractivity contribution is -0.130. The number of nitrogens with one attached hydrogen (secondary N) is 1. The number of nitrogens with zero attached hydrogens (tertiary/aromatic N) is 3. The Morgan fingerprint density at radius 2 is 1.90 bits per heavy atom. The second kappa shape index (κ2) is 9.83. The quantitative estimate of drug-likeness (QED) is 0.511. The molecule has 0 spiro atoms. The molecule has 0 radical (unpaired) electrons. The molecule has 0 bridgehead atoms. The van der Waals surface area contributed by atoms with Crippen LogP contribution in [0.5, 0.6) is 0 Å². The first kappa shape index (κ1) is 21.2. The van der Waals surface area contributed by atoms with Gasteiger partial charge < -0.3 is 10.2 Å². The minimum atomic E-state index is 0.194. The number of benzene rings is 1. The van der Waals surface area contributed by atoms with Gasteiger partial charge in [0, 0.05) is 36.5 Å². The maximum absolute atomic E-state index is 12.5. The molecule has 0 saturated carbocycles. The molecule has 2 heterocycles. The summed E-state index contributed by atoms with van der Waals surface area (Å²) in [5.41, 5.74) is 3.59. The normalized spacial score (nSPS) is 11.0. The van der Waals surface area contributed by atoms with E-state index in [0.717, 1.165) is 42.0 Å². The summed E-state index contributed by atoms with van der Waals surface area (Å²) in [5, 5.41) is 4.44. The third kappa shape index (κ3) is 4.93. The molecule has 0 aliphatic carbocycles. The van der Waals surface area contributed by atoms with Crippen molar-refractivity contribution in [3.05, 3.63) is 41.0 Å². The van der Waals surface area contributed by atoms with Gasteiger partial charge in [-0.1, -0.05) is 43.2 Å². The molecule has 2 aromatic heterocycles. The molecule has 1 aromatic carbocycles. The van der Waals surface area contributed by atoms with E-state index < -0.39 is 0 Å². The summed E-state index contributed by atoms with van der Waals surface area (Å²) in [6.07, 6.45) is 4.21. The highest BCUT2D eigenvalue weighted by Gasteiger charge is 2.17. The van der Waals surface area contributed by atoms with Gasteiger partial charge in [0.15, 0.2) is 0 Å². The van der Waals surface area contributed by atoms with Crippen LogP contribution in [0.1, 0.15) is 43.6 Å². The molecule has 154 valence electrons. The van der Waals surface area contributed by atoms with Crippen LogP contribution in [0.3, 0.4) is 0 Å². The van der Waals surface area contributed by atoms with Crippen molar-refractivity contribution in [2.45, 2.75) is 47.0 Å². The minimum absolute atomic E-state index is 0.194. The second-order valence-corrected chi connectivity index (χ2v) is 8.51. The van der Waals surface area contributed by atoms with E-state index in [-0.39, 0.29) is 5.91 Å². The van der Waals surface area contributed by atoms with E-state index in [2.05, 4.69) is 60.3 Å². The van der Waals surface area contributed by atoms with E-state index >= 15 is 0 Å². The smallest absolute Gasteiger partial charge is 0.224 e. The van der Waals surface area contributed by atoms with Crippen LogP contribution in [0.4, 0.5) is 5.82 Å². The zero-order valence-corrected chi connectivity index (χ0v) is 18.6. The Kier molecular flexibility index (Phi) is 7.20. The molecule has 5 nitrogen and oxygen atoms in total. The fraction of sp³-hybridized carbons (Fsp3) is 0.435. The fourth-order valence-electron chi connectivity index (χ4n) is 3.50. The second-order valence-electron chi connectivity index (χ2n) is 7.31. The number of fused-ring (bicyclic) bond motifs is 1. The summed E-state index contributed by atoms with van der Waals surface area (Å²) in [6.45, 7) is 10.6. The van der Waals surface area contributed by atoms with Gasteiger partial charge in [0.25, 0.3) is 0 Å². The lowest BCUT2D eigenvalue weighted by Gasteiger charge is -2.20. The number of aromatic nitrogens is 2. The van der Waals surface area contributed by atoms with Crippen LogP contribution in [-0.2, 0) is 4.79 Å². The van der Waals surface area contributed by atoms with Gasteiger partial charge in [-0.05, 0) is 32.8 Å². The molecule has 0 fully saturated rings. The van der Waals surface area contributed by atoms with E-state index in [1.807, 2.05) is 11.8 Å². The van der Waals surface area contributed by atoms with Crippen LogP contribution in [0.2, 0.25) is 0 Å². The number of hydrogen-bond acceptors (Lipinski definition) is 5. The molecule has 6 heteroatoms. The zero-order chi connectivity index (χ0) is 20.8. The number of amides is 1. The number of aryl methyl sites for hydroxylation is 2. The first-order chi connectivity index (χ1) is 14.0. The van der Waals surface area contributed by atoms with Crippen molar-refractivity contribution in [3.63, 3.8) is 0 Å². The number of rotatable bonds is 9. The Balaban J connectivity index is 1.80. The van der Waals surface area contributed by atoms with Crippen molar-refractivity contribution >= 4 is 33.3 Å². The molecule has 0 aliphatic rings. The molecule has 3 rings (SSSR count). The summed E-state index contributed by atoms with van der Waals surface area (Å²) in [7, 11) is 0. The van der Waals surface area contributed by atoms with Crippen molar-refractivity contribution in [2.75, 3.05) is 25.0 Å². The van der Waals surface area contributed by atoms with Gasteiger partial charge in [0.05, 0.1) is 5.39 Å². The van der Waals surface area contributed by atoms with E-state index in [9.17, 15) is 4.79 Å². The summed E-state index contributed by atoms with van der Waals surface area (Å²) >= 11 is 1.68.